The molecule has 1 aliphatic carbocycles. The molecular weight excluding hydrogens is 194 g/mol. The summed E-state index contributed by atoms with van der Waals surface area (Å²) in [5.41, 5.74) is 0. The second-order valence-corrected chi connectivity index (χ2v) is 5.59. The topological polar surface area (TPSA) is 3.24 Å². The Hall–Kier alpha value is -0.0400. The molecule has 0 spiro atoms. The van der Waals surface area contributed by atoms with Gasteiger partial charge in [-0.25, -0.2) is 0 Å². The molecule has 0 radical (unpaired) electrons. The van der Waals surface area contributed by atoms with Crippen molar-refractivity contribution in [3.63, 3.8) is 0 Å². The molecule has 1 aliphatic heterocycles. The summed E-state index contributed by atoms with van der Waals surface area (Å²) in [5, 5.41) is 0. The molecule has 1 nitrogen and oxygen atoms in total. The van der Waals surface area contributed by atoms with E-state index in [0.29, 0.717) is 0 Å². The molecule has 1 saturated heterocycles. The second kappa shape index (κ2) is 9.04. The van der Waals surface area contributed by atoms with Crippen LogP contribution in [0.2, 0.25) is 0 Å². The number of hydrogen-bond acceptors (Lipinski definition) is 1. The first-order chi connectivity index (χ1) is 7.59. The molecule has 0 aromatic rings. The maximum absolute atomic E-state index is 2.38. The fraction of sp³-hybridized carbons (Fsp3) is 1.00. The van der Waals surface area contributed by atoms with E-state index in [0.717, 1.165) is 17.8 Å². The van der Waals surface area contributed by atoms with Gasteiger partial charge in [0.05, 0.1) is 0 Å². The molecule has 16 heavy (non-hydrogen) atoms. The van der Waals surface area contributed by atoms with E-state index < -0.39 is 0 Å². The van der Waals surface area contributed by atoms with Gasteiger partial charge in [0.25, 0.3) is 0 Å². The van der Waals surface area contributed by atoms with E-state index in [1.165, 1.54) is 38.8 Å². The van der Waals surface area contributed by atoms with E-state index >= 15 is 0 Å². The van der Waals surface area contributed by atoms with Crippen LogP contribution in [0.5, 0.6) is 0 Å². The number of nitrogens with zero attached hydrogens (tertiary/aromatic N) is 1. The molecule has 1 atom stereocenters. The second-order valence-electron chi connectivity index (χ2n) is 5.59. The molecule has 0 amide bonds. The summed E-state index contributed by atoms with van der Waals surface area (Å²) in [4.78, 5) is 2.38. The summed E-state index contributed by atoms with van der Waals surface area (Å²) < 4.78 is 0. The van der Waals surface area contributed by atoms with Crippen LogP contribution in [-0.4, -0.2) is 25.0 Å². The Morgan fingerprint density at radius 3 is 1.69 bits per heavy atom. The zero-order chi connectivity index (χ0) is 12.6. The number of hydrogen-bond donors (Lipinski definition) is 0. The van der Waals surface area contributed by atoms with Gasteiger partial charge in [-0.3, -0.25) is 0 Å². The molecular formula is C15H33N. The normalized spacial score (nSPS) is 25.3. The van der Waals surface area contributed by atoms with Gasteiger partial charge in [-0.1, -0.05) is 53.9 Å². The lowest BCUT2D eigenvalue weighted by Gasteiger charge is -2.28. The van der Waals surface area contributed by atoms with Gasteiger partial charge in [-0.15, -0.1) is 0 Å². The lowest BCUT2D eigenvalue weighted by atomic mass is 9.78. The molecule has 2 fully saturated rings. The van der Waals surface area contributed by atoms with Gasteiger partial charge in [-0.05, 0) is 37.8 Å². The Labute approximate surface area is 104 Å². The van der Waals surface area contributed by atoms with Crippen molar-refractivity contribution in [1.82, 2.24) is 4.90 Å². The van der Waals surface area contributed by atoms with Crippen LogP contribution in [0.3, 0.4) is 0 Å². The van der Waals surface area contributed by atoms with Crippen LogP contribution < -0.4 is 0 Å². The van der Waals surface area contributed by atoms with Gasteiger partial charge < -0.3 is 4.90 Å². The van der Waals surface area contributed by atoms with E-state index in [1.807, 2.05) is 13.8 Å². The van der Waals surface area contributed by atoms with E-state index in [4.69, 9.17) is 0 Å². The lowest BCUT2D eigenvalue weighted by molar-refractivity contribution is 0.235. The summed E-state index contributed by atoms with van der Waals surface area (Å²) in [6.07, 6.45) is 5.88. The van der Waals surface area contributed by atoms with Gasteiger partial charge in [0.2, 0.25) is 0 Å². The standard InChI is InChI=1S/C7H14.C6H13N.C2H6/c1-6(2)7-4-3-5-7;1-6-3-4-7(2)5-6;1-2/h6-7H,3-5H2,1-2H3;6H,3-5H2,1-2H3;1-2H3. The molecule has 2 aliphatic rings. The quantitative estimate of drug-likeness (QED) is 0.640. The largest absolute Gasteiger partial charge is 0.306 e. The van der Waals surface area contributed by atoms with Crippen LogP contribution >= 0.6 is 0 Å². The molecule has 1 unspecified atom stereocenters. The maximum atomic E-state index is 2.38. The van der Waals surface area contributed by atoms with Gasteiger partial charge >= 0.3 is 0 Å². The fourth-order valence-electron chi connectivity index (χ4n) is 2.26. The summed E-state index contributed by atoms with van der Waals surface area (Å²) in [5.74, 6) is 2.98. The van der Waals surface area contributed by atoms with E-state index in [2.05, 4.69) is 32.7 Å². The summed E-state index contributed by atoms with van der Waals surface area (Å²) >= 11 is 0. The molecule has 0 aromatic heterocycles. The van der Waals surface area contributed by atoms with Crippen molar-refractivity contribution in [2.24, 2.45) is 17.8 Å². The predicted octanol–water partition coefficient (Wildman–Crippen LogP) is 4.43. The third-order valence-corrected chi connectivity index (χ3v) is 3.72. The van der Waals surface area contributed by atoms with Gasteiger partial charge in [0.1, 0.15) is 0 Å². The average Bonchev–Trinajstić information content (AvgIpc) is 2.50. The van der Waals surface area contributed by atoms with Crippen molar-refractivity contribution in [3.8, 4) is 0 Å². The van der Waals surface area contributed by atoms with Crippen molar-refractivity contribution >= 4 is 0 Å². The number of likely N-dealkylation sites (tertiary alicyclic amines) is 1. The van der Waals surface area contributed by atoms with Gasteiger partial charge in [0, 0.05) is 6.54 Å². The van der Waals surface area contributed by atoms with Crippen LogP contribution in [0.1, 0.15) is 60.3 Å². The van der Waals surface area contributed by atoms with Crippen molar-refractivity contribution in [2.45, 2.75) is 60.3 Å². The van der Waals surface area contributed by atoms with E-state index in [9.17, 15) is 0 Å². The third kappa shape index (κ3) is 6.52. The fourth-order valence-corrected chi connectivity index (χ4v) is 2.26. The first kappa shape index (κ1) is 16.0. The Bertz CT molecular complexity index is 142. The van der Waals surface area contributed by atoms with Crippen molar-refractivity contribution in [3.05, 3.63) is 0 Å². The first-order valence-electron chi connectivity index (χ1n) is 7.28. The highest BCUT2D eigenvalue weighted by atomic mass is 15.1. The zero-order valence-electron chi connectivity index (χ0n) is 12.4. The molecule has 98 valence electrons. The lowest BCUT2D eigenvalue weighted by Crippen LogP contribution is -2.16. The van der Waals surface area contributed by atoms with Crippen LogP contribution in [0.15, 0.2) is 0 Å². The Kier molecular flexibility index (Phi) is 9.02. The SMILES string of the molecule is CC.CC(C)C1CCC1.CC1CCN(C)C1. The summed E-state index contributed by atoms with van der Waals surface area (Å²) in [7, 11) is 2.18. The van der Waals surface area contributed by atoms with Crippen molar-refractivity contribution in [1.29, 1.82) is 0 Å². The van der Waals surface area contributed by atoms with Crippen LogP contribution in [0, 0.1) is 17.8 Å². The third-order valence-electron chi connectivity index (χ3n) is 3.72. The highest BCUT2D eigenvalue weighted by Crippen LogP contribution is 2.32. The smallest absolute Gasteiger partial charge is 0.000445 e. The van der Waals surface area contributed by atoms with Crippen LogP contribution in [0.4, 0.5) is 0 Å². The first-order valence-corrected chi connectivity index (χ1v) is 7.28. The molecule has 0 bridgehead atoms. The minimum Gasteiger partial charge on any atom is -0.306 e. The van der Waals surface area contributed by atoms with Gasteiger partial charge in [-0.2, -0.15) is 0 Å². The Morgan fingerprint density at radius 2 is 1.62 bits per heavy atom. The van der Waals surface area contributed by atoms with Crippen molar-refractivity contribution < 1.29 is 0 Å². The Morgan fingerprint density at radius 1 is 1.06 bits per heavy atom. The van der Waals surface area contributed by atoms with E-state index in [-0.39, 0.29) is 0 Å². The maximum Gasteiger partial charge on any atom is 0.000445 e. The molecule has 1 saturated carbocycles. The van der Waals surface area contributed by atoms with Crippen LogP contribution in [-0.2, 0) is 0 Å². The number of rotatable bonds is 1. The van der Waals surface area contributed by atoms with Gasteiger partial charge in [0.15, 0.2) is 0 Å². The molecule has 2 rings (SSSR count). The predicted molar refractivity (Wildman–Crippen MR) is 74.8 cm³/mol. The monoisotopic (exact) mass is 227 g/mol. The summed E-state index contributed by atoms with van der Waals surface area (Å²) in [6, 6.07) is 0. The van der Waals surface area contributed by atoms with Crippen molar-refractivity contribution in [2.75, 3.05) is 20.1 Å². The zero-order valence-corrected chi connectivity index (χ0v) is 12.4. The minimum atomic E-state index is 0.949. The summed E-state index contributed by atoms with van der Waals surface area (Å²) in [6.45, 7) is 13.6. The molecule has 0 N–H and O–H groups in total. The van der Waals surface area contributed by atoms with Crippen LogP contribution in [0.25, 0.3) is 0 Å². The minimum absolute atomic E-state index is 0.949. The molecule has 0 aromatic carbocycles. The van der Waals surface area contributed by atoms with E-state index in [1.54, 1.807) is 0 Å². The highest BCUT2D eigenvalue weighted by Gasteiger charge is 2.19. The highest BCUT2D eigenvalue weighted by molar-refractivity contribution is 4.71. The molecule has 1 heteroatoms. The molecule has 1 heterocycles. The Balaban J connectivity index is 0.000000244. The average molecular weight is 227 g/mol.